The van der Waals surface area contributed by atoms with Crippen molar-refractivity contribution >= 4 is 33.5 Å². The number of nitrogens with one attached hydrogen (secondary N) is 1. The molecule has 9 heteroatoms. The fraction of sp³-hybridized carbons (Fsp3) is 0.385. The van der Waals surface area contributed by atoms with Crippen molar-refractivity contribution in [3.8, 4) is 0 Å². The second kappa shape index (κ2) is 6.64. The second-order valence-electron chi connectivity index (χ2n) is 4.88. The first-order valence-electron chi connectivity index (χ1n) is 6.57. The summed E-state index contributed by atoms with van der Waals surface area (Å²) in [6.45, 7) is -0.977. The molecule has 0 unspecified atom stereocenters. The SMILES string of the molecule is O=C(O)CNC(=O)CN(C1CC1)S(=O)(=O)c1ccccc1Cl. The number of halogens is 1. The Balaban J connectivity index is 2.19. The predicted molar refractivity (Wildman–Crippen MR) is 79.0 cm³/mol. The third-order valence-corrected chi connectivity index (χ3v) is 5.51. The van der Waals surface area contributed by atoms with Crippen LogP contribution in [0.25, 0.3) is 0 Å². The van der Waals surface area contributed by atoms with Crippen LogP contribution in [0.2, 0.25) is 5.02 Å². The molecule has 1 amide bonds. The normalized spacial score (nSPS) is 14.8. The molecular weight excluding hydrogens is 332 g/mol. The molecule has 1 aromatic rings. The number of rotatable bonds is 7. The molecule has 1 saturated carbocycles. The summed E-state index contributed by atoms with van der Waals surface area (Å²) in [5.41, 5.74) is 0. The Hall–Kier alpha value is -1.64. The van der Waals surface area contributed by atoms with Gasteiger partial charge in [0.25, 0.3) is 0 Å². The van der Waals surface area contributed by atoms with Gasteiger partial charge in [0.2, 0.25) is 15.9 Å². The number of carbonyl (C=O) groups is 2. The summed E-state index contributed by atoms with van der Waals surface area (Å²) in [5, 5.41) is 10.8. The Kier molecular flexibility index (Phi) is 5.05. The first-order chi connectivity index (χ1) is 10.3. The lowest BCUT2D eigenvalue weighted by molar-refractivity contribution is -0.137. The van der Waals surface area contributed by atoms with Gasteiger partial charge in [-0.1, -0.05) is 23.7 Å². The number of nitrogens with zero attached hydrogens (tertiary/aromatic N) is 1. The maximum absolute atomic E-state index is 12.7. The van der Waals surface area contributed by atoms with Crippen LogP contribution in [-0.2, 0) is 19.6 Å². The first-order valence-corrected chi connectivity index (χ1v) is 8.39. The lowest BCUT2D eigenvalue weighted by atomic mass is 10.4. The van der Waals surface area contributed by atoms with Gasteiger partial charge in [-0.3, -0.25) is 9.59 Å². The molecule has 2 rings (SSSR count). The van der Waals surface area contributed by atoms with Crippen LogP contribution >= 0.6 is 11.6 Å². The van der Waals surface area contributed by atoms with Crippen LogP contribution in [0.3, 0.4) is 0 Å². The third kappa shape index (κ3) is 3.96. The Bertz CT molecular complexity index is 687. The Morgan fingerprint density at radius 2 is 1.95 bits per heavy atom. The van der Waals surface area contributed by atoms with Gasteiger partial charge in [-0.25, -0.2) is 8.42 Å². The molecule has 1 aromatic carbocycles. The maximum atomic E-state index is 12.7. The zero-order chi connectivity index (χ0) is 16.3. The van der Waals surface area contributed by atoms with Crippen molar-refractivity contribution in [3.05, 3.63) is 29.3 Å². The van der Waals surface area contributed by atoms with Crippen molar-refractivity contribution < 1.29 is 23.1 Å². The van der Waals surface area contributed by atoms with Crippen molar-refractivity contribution in [2.24, 2.45) is 0 Å². The lowest BCUT2D eigenvalue weighted by Crippen LogP contribution is -2.43. The minimum absolute atomic E-state index is 0.0606. The minimum Gasteiger partial charge on any atom is -0.480 e. The fourth-order valence-corrected chi connectivity index (χ4v) is 4.06. The van der Waals surface area contributed by atoms with Crippen LogP contribution in [0, 0.1) is 0 Å². The van der Waals surface area contributed by atoms with E-state index in [4.69, 9.17) is 16.7 Å². The van der Waals surface area contributed by atoms with Gasteiger partial charge in [0.1, 0.15) is 11.4 Å². The standard InChI is InChI=1S/C13H15ClN2O5S/c14-10-3-1-2-4-11(10)22(20,21)16(9-5-6-9)8-12(17)15-7-13(18)19/h1-4,9H,5-8H2,(H,15,17)(H,18,19). The number of carboxylic acids is 1. The van der Waals surface area contributed by atoms with E-state index < -0.39 is 35.0 Å². The number of benzene rings is 1. The molecule has 0 aliphatic heterocycles. The molecule has 22 heavy (non-hydrogen) atoms. The largest absolute Gasteiger partial charge is 0.480 e. The summed E-state index contributed by atoms with van der Waals surface area (Å²) in [5.74, 6) is -1.86. The van der Waals surface area contributed by atoms with Crippen LogP contribution in [0.4, 0.5) is 0 Å². The highest BCUT2D eigenvalue weighted by atomic mass is 35.5. The zero-order valence-corrected chi connectivity index (χ0v) is 13.1. The summed E-state index contributed by atoms with van der Waals surface area (Å²) in [7, 11) is -3.91. The fourth-order valence-electron chi connectivity index (χ4n) is 1.92. The van der Waals surface area contributed by atoms with Gasteiger partial charge >= 0.3 is 5.97 Å². The van der Waals surface area contributed by atoms with Gasteiger partial charge in [0.05, 0.1) is 11.6 Å². The topological polar surface area (TPSA) is 104 Å². The summed E-state index contributed by atoms with van der Waals surface area (Å²) < 4.78 is 26.4. The number of sulfonamides is 1. The second-order valence-corrected chi connectivity index (χ2v) is 7.15. The molecule has 0 atom stereocenters. The number of carbonyl (C=O) groups excluding carboxylic acids is 1. The van der Waals surface area contributed by atoms with E-state index in [1.54, 1.807) is 12.1 Å². The van der Waals surface area contributed by atoms with E-state index in [2.05, 4.69) is 5.32 Å². The molecule has 120 valence electrons. The third-order valence-electron chi connectivity index (χ3n) is 3.11. The van der Waals surface area contributed by atoms with Crippen molar-refractivity contribution in [1.82, 2.24) is 9.62 Å². The predicted octanol–water partition coefficient (Wildman–Crippen LogP) is 0.694. The van der Waals surface area contributed by atoms with E-state index in [-0.39, 0.29) is 16.0 Å². The molecule has 0 aromatic heterocycles. The van der Waals surface area contributed by atoms with Crippen molar-refractivity contribution in [1.29, 1.82) is 0 Å². The summed E-state index contributed by atoms with van der Waals surface area (Å²) in [6.07, 6.45) is 1.33. The average molecular weight is 347 g/mol. The van der Waals surface area contributed by atoms with Crippen LogP contribution in [0.5, 0.6) is 0 Å². The maximum Gasteiger partial charge on any atom is 0.322 e. The Morgan fingerprint density at radius 3 is 2.50 bits per heavy atom. The van der Waals surface area contributed by atoms with Crippen LogP contribution < -0.4 is 5.32 Å². The highest BCUT2D eigenvalue weighted by Crippen LogP contribution is 2.33. The lowest BCUT2D eigenvalue weighted by Gasteiger charge is -2.21. The van der Waals surface area contributed by atoms with Gasteiger partial charge in [0, 0.05) is 6.04 Å². The van der Waals surface area contributed by atoms with Gasteiger partial charge in [-0.05, 0) is 25.0 Å². The molecule has 1 fully saturated rings. The highest BCUT2D eigenvalue weighted by molar-refractivity contribution is 7.89. The summed E-state index contributed by atoms with van der Waals surface area (Å²) in [6, 6.07) is 5.75. The number of hydrogen-bond donors (Lipinski definition) is 2. The van der Waals surface area contributed by atoms with Crippen LogP contribution in [0.15, 0.2) is 29.2 Å². The Labute approximate surface area is 132 Å². The number of hydrogen-bond acceptors (Lipinski definition) is 4. The van der Waals surface area contributed by atoms with E-state index in [9.17, 15) is 18.0 Å². The first kappa shape index (κ1) is 16.7. The smallest absolute Gasteiger partial charge is 0.322 e. The van der Waals surface area contributed by atoms with Crippen LogP contribution in [-0.4, -0.2) is 48.8 Å². The molecule has 0 radical (unpaired) electrons. The van der Waals surface area contributed by atoms with E-state index in [0.717, 1.165) is 4.31 Å². The minimum atomic E-state index is -3.91. The van der Waals surface area contributed by atoms with Gasteiger partial charge in [-0.2, -0.15) is 4.31 Å². The number of aliphatic carboxylic acids is 1. The number of carboxylic acid groups (broad SMARTS) is 1. The number of amides is 1. The van der Waals surface area contributed by atoms with Crippen LogP contribution in [0.1, 0.15) is 12.8 Å². The molecule has 7 nitrogen and oxygen atoms in total. The molecule has 1 aliphatic carbocycles. The molecule has 0 saturated heterocycles. The zero-order valence-electron chi connectivity index (χ0n) is 11.5. The summed E-state index contributed by atoms with van der Waals surface area (Å²) in [4.78, 5) is 22.1. The molecule has 2 N–H and O–H groups in total. The Morgan fingerprint density at radius 1 is 1.32 bits per heavy atom. The molecule has 1 aliphatic rings. The van der Waals surface area contributed by atoms with E-state index >= 15 is 0 Å². The quantitative estimate of drug-likeness (QED) is 0.756. The monoisotopic (exact) mass is 346 g/mol. The van der Waals surface area contributed by atoms with Crippen molar-refractivity contribution in [2.75, 3.05) is 13.1 Å². The van der Waals surface area contributed by atoms with Crippen molar-refractivity contribution in [2.45, 2.75) is 23.8 Å². The highest BCUT2D eigenvalue weighted by Gasteiger charge is 2.39. The van der Waals surface area contributed by atoms with Gasteiger partial charge < -0.3 is 10.4 Å². The van der Waals surface area contributed by atoms with Gasteiger partial charge in [-0.15, -0.1) is 0 Å². The van der Waals surface area contributed by atoms with E-state index in [0.29, 0.717) is 12.8 Å². The van der Waals surface area contributed by atoms with Crippen molar-refractivity contribution in [3.63, 3.8) is 0 Å². The molecule has 0 heterocycles. The summed E-state index contributed by atoms with van der Waals surface area (Å²) >= 11 is 5.93. The molecule has 0 bridgehead atoms. The van der Waals surface area contributed by atoms with Gasteiger partial charge in [0.15, 0.2) is 0 Å². The van der Waals surface area contributed by atoms with E-state index in [1.165, 1.54) is 12.1 Å². The van der Waals surface area contributed by atoms with E-state index in [1.807, 2.05) is 0 Å². The molecular formula is C13H15ClN2O5S. The average Bonchev–Trinajstić information content (AvgIpc) is 3.27. The molecule has 0 spiro atoms.